The number of anilines is 1. The number of likely N-dealkylation sites (N-methyl/N-ethyl adjacent to an activating group) is 1. The predicted molar refractivity (Wildman–Crippen MR) is 195 cm³/mol. The Hall–Kier alpha value is -3.53. The molecule has 262 valence electrons. The molecule has 0 saturated carbocycles. The number of aryl methyl sites for hydroxylation is 1. The third kappa shape index (κ3) is 15.3. The number of nitrogens with two attached hydrogens (primary N) is 1. The number of hydrogen-bond donors (Lipinski definition) is 2. The van der Waals surface area contributed by atoms with Gasteiger partial charge in [0, 0.05) is 41.9 Å². The van der Waals surface area contributed by atoms with Crippen molar-refractivity contribution in [1.29, 1.82) is 0 Å². The summed E-state index contributed by atoms with van der Waals surface area (Å²) in [6.45, 7) is 17.3. The maximum absolute atomic E-state index is 13.2. The van der Waals surface area contributed by atoms with E-state index in [9.17, 15) is 9.18 Å². The van der Waals surface area contributed by atoms with Gasteiger partial charge in [0.15, 0.2) is 11.6 Å². The molecule has 1 fully saturated rings. The number of carbonyl (C=O) groups is 1. The maximum atomic E-state index is 13.2. The van der Waals surface area contributed by atoms with Gasteiger partial charge in [0.25, 0.3) is 0 Å². The third-order valence-electron chi connectivity index (χ3n) is 8.15. The molecule has 2 aliphatic heterocycles. The number of rotatable bonds is 11. The number of carbonyl (C=O) groups excluding carboxylic acids is 1. The van der Waals surface area contributed by atoms with Crippen molar-refractivity contribution in [3.05, 3.63) is 77.4 Å². The molecule has 0 amide bonds. The molecule has 0 radical (unpaired) electrons. The van der Waals surface area contributed by atoms with Crippen molar-refractivity contribution in [3.8, 4) is 5.75 Å². The number of ether oxygens (including phenoxy) is 3. The Morgan fingerprint density at radius 3 is 2.30 bits per heavy atom. The molecule has 1 saturated heterocycles. The van der Waals surface area contributed by atoms with Crippen molar-refractivity contribution in [2.75, 3.05) is 59.5 Å². The minimum absolute atomic E-state index is 0.244. The first-order valence-electron chi connectivity index (χ1n) is 16.6. The molecule has 2 aliphatic rings. The Morgan fingerprint density at radius 1 is 1.15 bits per heavy atom. The van der Waals surface area contributed by atoms with Crippen LogP contribution in [0.25, 0.3) is 5.57 Å². The first-order chi connectivity index (χ1) is 22.5. The zero-order chi connectivity index (χ0) is 35.2. The van der Waals surface area contributed by atoms with Crippen LogP contribution in [0.5, 0.6) is 5.75 Å². The van der Waals surface area contributed by atoms with Crippen molar-refractivity contribution in [2.24, 2.45) is 22.1 Å². The number of aliphatic imine (C=N–C) groups is 1. The van der Waals surface area contributed by atoms with Gasteiger partial charge in [-0.2, -0.15) is 0 Å². The highest BCUT2D eigenvalue weighted by atomic mass is 19.1. The van der Waals surface area contributed by atoms with E-state index in [-0.39, 0.29) is 11.6 Å². The number of amidine groups is 1. The first kappa shape index (κ1) is 41.5. The summed E-state index contributed by atoms with van der Waals surface area (Å²) >= 11 is 0. The molecule has 1 atom stereocenters. The lowest BCUT2D eigenvalue weighted by molar-refractivity contribution is -0.116. The van der Waals surface area contributed by atoms with Gasteiger partial charge in [0.05, 0.1) is 26.9 Å². The Morgan fingerprint density at radius 2 is 1.85 bits per heavy atom. The van der Waals surface area contributed by atoms with Crippen LogP contribution in [0.3, 0.4) is 0 Å². The highest BCUT2D eigenvalue weighted by Gasteiger charge is 2.34. The smallest absolute Gasteiger partial charge is 0.165 e. The van der Waals surface area contributed by atoms with Gasteiger partial charge in [-0.25, -0.2) is 9.38 Å². The highest BCUT2D eigenvalue weighted by Crippen LogP contribution is 2.34. The van der Waals surface area contributed by atoms with Crippen molar-refractivity contribution in [2.45, 2.75) is 67.2 Å². The minimum Gasteiger partial charge on any atom is -0.494 e. The van der Waals surface area contributed by atoms with Crippen molar-refractivity contribution in [3.63, 3.8) is 0 Å². The van der Waals surface area contributed by atoms with E-state index >= 15 is 0 Å². The second-order valence-corrected chi connectivity index (χ2v) is 12.2. The molecule has 2 aromatic carbocycles. The molecule has 3 N–H and O–H groups in total. The molecule has 0 bridgehead atoms. The second kappa shape index (κ2) is 22.9. The number of halogens is 1. The minimum atomic E-state index is -0.374. The lowest BCUT2D eigenvalue weighted by Crippen LogP contribution is -2.41. The van der Waals surface area contributed by atoms with Crippen LogP contribution >= 0.6 is 0 Å². The molecule has 9 heteroatoms. The van der Waals surface area contributed by atoms with Crippen LogP contribution in [0.4, 0.5) is 10.1 Å². The third-order valence-corrected chi connectivity index (χ3v) is 8.15. The Bertz CT molecular complexity index is 1270. The molecule has 1 unspecified atom stereocenters. The number of methoxy groups -OCH3 is 1. The number of nitrogens with zero attached hydrogens (tertiary/aromatic N) is 2. The van der Waals surface area contributed by atoms with Crippen LogP contribution in [0.2, 0.25) is 0 Å². The van der Waals surface area contributed by atoms with Crippen molar-refractivity contribution < 1.29 is 23.4 Å². The molecule has 4 rings (SSSR count). The molecule has 0 aromatic heterocycles. The molecule has 0 aliphatic carbocycles. The number of allylic oxidation sites excluding steroid dienone is 2. The summed E-state index contributed by atoms with van der Waals surface area (Å²) < 4.78 is 28.3. The van der Waals surface area contributed by atoms with Crippen molar-refractivity contribution in [1.82, 2.24) is 4.90 Å². The fraction of sp³-hybridized carbons (Fsp3) is 0.526. The zero-order valence-corrected chi connectivity index (χ0v) is 30.2. The van der Waals surface area contributed by atoms with Crippen LogP contribution in [0.15, 0.2) is 59.9 Å². The lowest BCUT2D eigenvalue weighted by atomic mass is 9.81. The number of hydrogen-bond acceptors (Lipinski definition) is 8. The number of aldehydes is 1. The normalized spacial score (nSPS) is 16.2. The van der Waals surface area contributed by atoms with E-state index in [0.717, 1.165) is 85.9 Å². The van der Waals surface area contributed by atoms with Crippen LogP contribution in [-0.4, -0.2) is 71.2 Å². The van der Waals surface area contributed by atoms with E-state index < -0.39 is 0 Å². The van der Waals surface area contributed by atoms with E-state index in [4.69, 9.17) is 19.9 Å². The summed E-state index contributed by atoms with van der Waals surface area (Å²) in [5, 5.41) is 3.31. The quantitative estimate of drug-likeness (QED) is 0.187. The summed E-state index contributed by atoms with van der Waals surface area (Å²) in [6.07, 6.45) is 10.9. The zero-order valence-electron chi connectivity index (χ0n) is 30.2. The summed E-state index contributed by atoms with van der Waals surface area (Å²) in [5.74, 6) is 1.26. The Balaban J connectivity index is 0.000000329. The average molecular weight is 655 g/mol. The predicted octanol–water partition coefficient (Wildman–Crippen LogP) is 8.12. The van der Waals surface area contributed by atoms with Gasteiger partial charge in [0.2, 0.25) is 0 Å². The summed E-state index contributed by atoms with van der Waals surface area (Å²) in [5.41, 5.74) is 10.2. The molecule has 8 nitrogen and oxygen atoms in total. The maximum Gasteiger partial charge on any atom is 0.165 e. The number of nitrogens with one attached hydrogen (secondary N) is 1. The van der Waals surface area contributed by atoms with Crippen LogP contribution < -0.4 is 15.8 Å². The van der Waals surface area contributed by atoms with E-state index in [1.54, 1.807) is 12.1 Å². The van der Waals surface area contributed by atoms with Crippen molar-refractivity contribution >= 4 is 23.4 Å². The molecular formula is C38H59FN4O4. The van der Waals surface area contributed by atoms with Gasteiger partial charge in [-0.3, -0.25) is 4.79 Å². The first-order valence-corrected chi connectivity index (χ1v) is 16.6. The van der Waals surface area contributed by atoms with E-state index in [1.165, 1.54) is 32.2 Å². The lowest BCUT2D eigenvalue weighted by Gasteiger charge is -2.39. The molecule has 2 aromatic rings. The molecule has 2 heterocycles. The van der Waals surface area contributed by atoms with Crippen LogP contribution in [0, 0.1) is 24.1 Å². The van der Waals surface area contributed by atoms with E-state index in [0.29, 0.717) is 11.3 Å². The second-order valence-electron chi connectivity index (χ2n) is 12.2. The van der Waals surface area contributed by atoms with Gasteiger partial charge in [-0.05, 0) is 107 Å². The van der Waals surface area contributed by atoms with Gasteiger partial charge in [-0.1, -0.05) is 39.8 Å². The SMILES string of the molecule is CCC1(CC)COC1.CCCOCCN(C)C.COc1ccc(/C(C)=C/N)cc1F.Cc1cc(NC2=NC=CCC2C)ccc1C=O. The van der Waals surface area contributed by atoms with Gasteiger partial charge >= 0.3 is 0 Å². The monoisotopic (exact) mass is 654 g/mol. The summed E-state index contributed by atoms with van der Waals surface area (Å²) in [6, 6.07) is 10.5. The number of benzene rings is 2. The van der Waals surface area contributed by atoms with Gasteiger partial charge in [0.1, 0.15) is 12.1 Å². The van der Waals surface area contributed by atoms with Crippen LogP contribution in [0.1, 0.15) is 81.8 Å². The fourth-order valence-corrected chi connectivity index (χ4v) is 4.38. The Labute approximate surface area is 283 Å². The topological polar surface area (TPSA) is 98.4 Å². The molecule has 0 spiro atoms. The van der Waals surface area contributed by atoms with Crippen LogP contribution in [-0.2, 0) is 9.47 Å². The van der Waals surface area contributed by atoms with E-state index in [1.807, 2.05) is 38.2 Å². The van der Waals surface area contributed by atoms with Gasteiger partial charge < -0.3 is 30.2 Å². The summed E-state index contributed by atoms with van der Waals surface area (Å²) in [4.78, 5) is 17.2. The molecule has 47 heavy (non-hydrogen) atoms. The average Bonchev–Trinajstić information content (AvgIpc) is 3.05. The fourth-order valence-electron chi connectivity index (χ4n) is 4.38. The van der Waals surface area contributed by atoms with Gasteiger partial charge in [-0.15, -0.1) is 0 Å². The molecular weight excluding hydrogens is 595 g/mol. The highest BCUT2D eigenvalue weighted by molar-refractivity contribution is 5.98. The Kier molecular flexibility index (Phi) is 20.2. The standard InChI is InChI=1S/C14H16N2O.C10H12FNO.C7H17NO.C7H14O/c1-10-4-3-7-15-14(10)16-13-6-5-12(9-17)11(2)8-13;1-7(6-12)8-3-4-10(13-2)9(11)5-8;1-4-6-9-7-5-8(2)3;1-3-7(4-2)5-8-6-7/h3,5-10H,4H2,1-2H3,(H,15,16);3-6H,12H2,1-2H3;4-7H2,1-3H3;3-6H2,1-2H3/b;7-6+;;. The summed E-state index contributed by atoms with van der Waals surface area (Å²) in [7, 11) is 5.54. The largest absolute Gasteiger partial charge is 0.494 e. The van der Waals surface area contributed by atoms with E-state index in [2.05, 4.69) is 63.1 Å².